The maximum absolute atomic E-state index is 11.8. The number of hydrogen-bond acceptors (Lipinski definition) is 4. The van der Waals surface area contributed by atoms with Crippen molar-refractivity contribution in [1.29, 1.82) is 0 Å². The van der Waals surface area contributed by atoms with Crippen molar-refractivity contribution < 1.29 is 9.53 Å². The molecule has 0 spiro atoms. The largest absolute Gasteiger partial charge is 0.484 e. The lowest BCUT2D eigenvalue weighted by atomic mass is 10.2. The highest BCUT2D eigenvalue weighted by Gasteiger charge is 2.03. The predicted octanol–water partition coefficient (Wildman–Crippen LogP) is 2.52. The van der Waals surface area contributed by atoms with E-state index in [2.05, 4.69) is 21.2 Å². The second-order valence-corrected chi connectivity index (χ2v) is 5.41. The van der Waals surface area contributed by atoms with Crippen molar-refractivity contribution in [2.24, 2.45) is 5.10 Å². The maximum atomic E-state index is 11.8. The van der Waals surface area contributed by atoms with Crippen molar-refractivity contribution in [2.45, 2.75) is 6.92 Å². The third kappa shape index (κ3) is 7.01. The van der Waals surface area contributed by atoms with Gasteiger partial charge in [0.05, 0.1) is 6.21 Å². The zero-order valence-electron chi connectivity index (χ0n) is 13.9. The molecule has 0 unspecified atom stereocenters. The number of carbonyl (C=O) groups is 1. The van der Waals surface area contributed by atoms with Crippen LogP contribution in [0.2, 0.25) is 0 Å². The first-order valence-corrected chi connectivity index (χ1v) is 8.23. The van der Waals surface area contributed by atoms with Crippen LogP contribution in [-0.2, 0) is 4.79 Å². The average molecular weight is 356 g/mol. The molecule has 0 aromatic heterocycles. The molecule has 0 saturated carbocycles. The van der Waals surface area contributed by atoms with Crippen molar-refractivity contribution in [3.63, 3.8) is 0 Å². The van der Waals surface area contributed by atoms with Crippen LogP contribution in [-0.4, -0.2) is 30.4 Å². The highest BCUT2D eigenvalue weighted by Crippen LogP contribution is 2.11. The minimum absolute atomic E-state index is 0.0547. The van der Waals surface area contributed by atoms with Gasteiger partial charge in [-0.2, -0.15) is 5.10 Å². The molecule has 7 heteroatoms. The summed E-state index contributed by atoms with van der Waals surface area (Å²) >= 11 is 5.00. The van der Waals surface area contributed by atoms with Gasteiger partial charge in [-0.15, -0.1) is 0 Å². The Balaban J connectivity index is 1.77. The van der Waals surface area contributed by atoms with Gasteiger partial charge in [0, 0.05) is 12.2 Å². The summed E-state index contributed by atoms with van der Waals surface area (Å²) < 4.78 is 5.47. The van der Waals surface area contributed by atoms with Gasteiger partial charge in [-0.3, -0.25) is 10.2 Å². The van der Waals surface area contributed by atoms with Gasteiger partial charge in [0.15, 0.2) is 11.7 Å². The van der Waals surface area contributed by atoms with Crippen LogP contribution in [0.1, 0.15) is 12.5 Å². The van der Waals surface area contributed by atoms with Crippen molar-refractivity contribution in [3.05, 3.63) is 60.2 Å². The van der Waals surface area contributed by atoms with Crippen molar-refractivity contribution in [2.75, 3.05) is 18.5 Å². The topological polar surface area (TPSA) is 74.8 Å². The smallest absolute Gasteiger partial charge is 0.262 e. The van der Waals surface area contributed by atoms with E-state index in [0.717, 1.165) is 17.8 Å². The number of anilines is 1. The van der Waals surface area contributed by atoms with Crippen LogP contribution in [0.15, 0.2) is 59.7 Å². The molecule has 0 aliphatic heterocycles. The van der Waals surface area contributed by atoms with E-state index in [-0.39, 0.29) is 12.5 Å². The number of ether oxygens (including phenoxy) is 1. The molecule has 0 aliphatic rings. The van der Waals surface area contributed by atoms with Gasteiger partial charge in [0.1, 0.15) is 5.75 Å². The Morgan fingerprint density at radius 3 is 2.56 bits per heavy atom. The molecule has 0 heterocycles. The first kappa shape index (κ1) is 18.4. The lowest BCUT2D eigenvalue weighted by Crippen LogP contribution is -2.31. The monoisotopic (exact) mass is 356 g/mol. The summed E-state index contributed by atoms with van der Waals surface area (Å²) in [6.45, 7) is 2.64. The van der Waals surface area contributed by atoms with Crippen molar-refractivity contribution in [1.82, 2.24) is 10.7 Å². The molecule has 0 aliphatic carbocycles. The molecule has 0 bridgehead atoms. The fourth-order valence-corrected chi connectivity index (χ4v) is 2.08. The third-order valence-corrected chi connectivity index (χ3v) is 3.26. The lowest BCUT2D eigenvalue weighted by molar-refractivity contribution is -0.118. The number of nitrogens with one attached hydrogen (secondary N) is 3. The standard InChI is InChI=1S/C18H20N4O2S/c1-2-19-18(25)22-20-12-14-8-10-16(11-9-14)24-13-17(23)21-15-6-4-3-5-7-15/h3-12H,2,13H2,1H3,(H,21,23)(H2,19,22,25). The fraction of sp³-hybridized carbons (Fsp3) is 0.167. The Morgan fingerprint density at radius 2 is 1.88 bits per heavy atom. The zero-order valence-corrected chi connectivity index (χ0v) is 14.7. The molecule has 0 atom stereocenters. The summed E-state index contributed by atoms with van der Waals surface area (Å²) in [6.07, 6.45) is 1.65. The van der Waals surface area contributed by atoms with Crippen molar-refractivity contribution >= 4 is 35.1 Å². The number of nitrogens with zero attached hydrogens (tertiary/aromatic N) is 1. The number of carbonyl (C=O) groups excluding carboxylic acids is 1. The van der Waals surface area contributed by atoms with E-state index in [1.807, 2.05) is 49.4 Å². The predicted molar refractivity (Wildman–Crippen MR) is 104 cm³/mol. The Labute approximate surface area is 152 Å². The molecule has 25 heavy (non-hydrogen) atoms. The molecule has 0 radical (unpaired) electrons. The van der Waals surface area contributed by atoms with Crippen LogP contribution in [0.5, 0.6) is 5.75 Å². The van der Waals surface area contributed by atoms with E-state index in [0.29, 0.717) is 10.9 Å². The van der Waals surface area contributed by atoms with Gasteiger partial charge in [0.2, 0.25) is 0 Å². The highest BCUT2D eigenvalue weighted by atomic mass is 32.1. The zero-order chi connectivity index (χ0) is 17.9. The number of amides is 1. The van der Waals surface area contributed by atoms with Crippen LogP contribution in [0.4, 0.5) is 5.69 Å². The summed E-state index contributed by atoms with van der Waals surface area (Å²) in [7, 11) is 0. The van der Waals surface area contributed by atoms with Crippen LogP contribution in [0.3, 0.4) is 0 Å². The van der Waals surface area contributed by atoms with E-state index in [9.17, 15) is 4.79 Å². The maximum Gasteiger partial charge on any atom is 0.262 e. The second-order valence-electron chi connectivity index (χ2n) is 5.00. The summed E-state index contributed by atoms with van der Waals surface area (Å²) in [5.41, 5.74) is 4.34. The minimum Gasteiger partial charge on any atom is -0.484 e. The highest BCUT2D eigenvalue weighted by molar-refractivity contribution is 7.80. The second kappa shape index (κ2) is 10.0. The minimum atomic E-state index is -0.210. The quantitative estimate of drug-likeness (QED) is 0.404. The number of benzene rings is 2. The molecular weight excluding hydrogens is 336 g/mol. The molecule has 2 aromatic carbocycles. The Morgan fingerprint density at radius 1 is 1.16 bits per heavy atom. The Hall–Kier alpha value is -2.93. The van der Waals surface area contributed by atoms with E-state index in [1.165, 1.54) is 0 Å². The van der Waals surface area contributed by atoms with Crippen LogP contribution in [0, 0.1) is 0 Å². The van der Waals surface area contributed by atoms with Crippen LogP contribution >= 0.6 is 12.2 Å². The molecule has 2 aromatic rings. The number of hydrazone groups is 1. The number of hydrogen-bond donors (Lipinski definition) is 3. The average Bonchev–Trinajstić information content (AvgIpc) is 2.62. The van der Waals surface area contributed by atoms with E-state index in [4.69, 9.17) is 17.0 Å². The SMILES string of the molecule is CCNC(=S)NN=Cc1ccc(OCC(=O)Nc2ccccc2)cc1. The first-order valence-electron chi connectivity index (χ1n) is 7.82. The van der Waals surface area contributed by atoms with E-state index in [1.54, 1.807) is 18.3 Å². The summed E-state index contributed by atoms with van der Waals surface area (Å²) in [4.78, 5) is 11.8. The van der Waals surface area contributed by atoms with Gasteiger partial charge in [-0.05, 0) is 61.1 Å². The molecular formula is C18H20N4O2S. The van der Waals surface area contributed by atoms with Crippen molar-refractivity contribution in [3.8, 4) is 5.75 Å². The number of para-hydroxylation sites is 1. The van der Waals surface area contributed by atoms with E-state index < -0.39 is 0 Å². The lowest BCUT2D eigenvalue weighted by Gasteiger charge is -2.07. The molecule has 0 fully saturated rings. The molecule has 1 amide bonds. The first-order chi connectivity index (χ1) is 12.2. The molecule has 130 valence electrons. The fourth-order valence-electron chi connectivity index (χ4n) is 1.88. The Bertz CT molecular complexity index is 718. The van der Waals surface area contributed by atoms with Gasteiger partial charge in [-0.1, -0.05) is 18.2 Å². The molecule has 6 nitrogen and oxygen atoms in total. The van der Waals surface area contributed by atoms with Crippen LogP contribution < -0.4 is 20.8 Å². The molecule has 0 saturated heterocycles. The van der Waals surface area contributed by atoms with Gasteiger partial charge >= 0.3 is 0 Å². The Kier molecular flexibility index (Phi) is 7.40. The van der Waals surface area contributed by atoms with Crippen LogP contribution in [0.25, 0.3) is 0 Å². The third-order valence-electron chi connectivity index (χ3n) is 3.02. The summed E-state index contributed by atoms with van der Waals surface area (Å²) in [5.74, 6) is 0.398. The molecule has 3 N–H and O–H groups in total. The summed E-state index contributed by atoms with van der Waals surface area (Å²) in [5, 5.41) is 10.2. The molecule has 2 rings (SSSR count). The normalized spacial score (nSPS) is 10.3. The number of thiocarbonyl (C=S) groups is 1. The summed E-state index contributed by atoms with van der Waals surface area (Å²) in [6, 6.07) is 16.5. The van der Waals surface area contributed by atoms with E-state index >= 15 is 0 Å². The van der Waals surface area contributed by atoms with Gasteiger partial charge in [-0.25, -0.2) is 0 Å². The number of rotatable bonds is 7. The van der Waals surface area contributed by atoms with Gasteiger partial charge < -0.3 is 15.4 Å². The van der Waals surface area contributed by atoms with Gasteiger partial charge in [0.25, 0.3) is 5.91 Å².